The standard InChI is InChI=1S/C23H27FN6O5/c1-34-21-6-5-16(11-27-21)25-7-8-26-23(33)19-10-18(22(32)20(13-31)35-19)30-12-17(28-29-30)14-3-2-4-15(24)9-14/h2-6,9,11-12,18-20,22,25,31-32H,7-8,10,13H2,1H3,(H,26,33)/t18-,19-,20-,22-/m1/s1. The molecule has 0 radical (unpaired) electrons. The van der Waals surface area contributed by atoms with Crippen molar-refractivity contribution in [2.75, 3.05) is 32.1 Å². The molecule has 35 heavy (non-hydrogen) atoms. The van der Waals surface area contributed by atoms with Crippen LogP contribution in [0.3, 0.4) is 0 Å². The van der Waals surface area contributed by atoms with E-state index in [0.29, 0.717) is 30.2 Å². The summed E-state index contributed by atoms with van der Waals surface area (Å²) in [4.78, 5) is 16.9. The molecule has 1 aromatic carbocycles. The average Bonchev–Trinajstić information content (AvgIpc) is 3.37. The van der Waals surface area contributed by atoms with Crippen LogP contribution >= 0.6 is 0 Å². The Morgan fingerprint density at radius 2 is 2.17 bits per heavy atom. The molecule has 0 aliphatic carbocycles. The first-order valence-electron chi connectivity index (χ1n) is 11.1. The molecule has 0 spiro atoms. The molecule has 0 saturated carbocycles. The summed E-state index contributed by atoms with van der Waals surface area (Å²) in [7, 11) is 1.54. The van der Waals surface area contributed by atoms with Gasteiger partial charge in [-0.2, -0.15) is 0 Å². The van der Waals surface area contributed by atoms with E-state index in [9.17, 15) is 19.4 Å². The smallest absolute Gasteiger partial charge is 0.249 e. The monoisotopic (exact) mass is 486 g/mol. The van der Waals surface area contributed by atoms with Crippen molar-refractivity contribution < 1.29 is 28.9 Å². The number of ether oxygens (including phenoxy) is 2. The van der Waals surface area contributed by atoms with Crippen LogP contribution in [-0.4, -0.2) is 81.2 Å². The van der Waals surface area contributed by atoms with Crippen LogP contribution in [0.4, 0.5) is 10.1 Å². The number of anilines is 1. The zero-order valence-corrected chi connectivity index (χ0v) is 19.0. The molecule has 3 aromatic rings. The molecule has 0 bridgehead atoms. The number of methoxy groups -OCH3 is 1. The largest absolute Gasteiger partial charge is 0.481 e. The summed E-state index contributed by atoms with van der Waals surface area (Å²) in [6.07, 6.45) is 0.309. The maximum Gasteiger partial charge on any atom is 0.249 e. The van der Waals surface area contributed by atoms with Gasteiger partial charge in [0.25, 0.3) is 0 Å². The third kappa shape index (κ3) is 5.91. The number of benzene rings is 1. The second kappa shape index (κ2) is 11.2. The number of aliphatic hydroxyl groups excluding tert-OH is 2. The lowest BCUT2D eigenvalue weighted by atomic mass is 9.95. The van der Waals surface area contributed by atoms with Gasteiger partial charge in [0.05, 0.1) is 37.8 Å². The number of amides is 1. The minimum Gasteiger partial charge on any atom is -0.481 e. The molecule has 4 N–H and O–H groups in total. The first-order chi connectivity index (χ1) is 17.0. The molecule has 1 saturated heterocycles. The number of nitrogens with zero attached hydrogens (tertiary/aromatic N) is 4. The topological polar surface area (TPSA) is 144 Å². The summed E-state index contributed by atoms with van der Waals surface area (Å²) in [6, 6.07) is 8.78. The van der Waals surface area contributed by atoms with E-state index in [4.69, 9.17) is 9.47 Å². The molecular weight excluding hydrogens is 459 g/mol. The van der Waals surface area contributed by atoms with Crippen molar-refractivity contribution in [3.05, 3.63) is 54.6 Å². The highest BCUT2D eigenvalue weighted by Gasteiger charge is 2.41. The quantitative estimate of drug-likeness (QED) is 0.322. The van der Waals surface area contributed by atoms with Crippen LogP contribution in [0.2, 0.25) is 0 Å². The second-order valence-corrected chi connectivity index (χ2v) is 8.04. The summed E-state index contributed by atoms with van der Waals surface area (Å²) in [5.74, 6) is -0.276. The molecule has 186 valence electrons. The Hall–Kier alpha value is -3.61. The summed E-state index contributed by atoms with van der Waals surface area (Å²) < 4.78 is 25.7. The summed E-state index contributed by atoms with van der Waals surface area (Å²) in [5.41, 5.74) is 1.73. The van der Waals surface area contributed by atoms with E-state index < -0.39 is 36.8 Å². The lowest BCUT2D eigenvalue weighted by molar-refractivity contribution is -0.171. The molecule has 1 amide bonds. The van der Waals surface area contributed by atoms with Crippen molar-refractivity contribution in [3.8, 4) is 17.1 Å². The van der Waals surface area contributed by atoms with E-state index in [1.54, 1.807) is 30.6 Å². The summed E-state index contributed by atoms with van der Waals surface area (Å²) in [6.45, 7) is 0.287. The van der Waals surface area contributed by atoms with Crippen molar-refractivity contribution in [3.63, 3.8) is 0 Å². The van der Waals surface area contributed by atoms with E-state index in [-0.39, 0.29) is 12.3 Å². The first-order valence-corrected chi connectivity index (χ1v) is 11.1. The fraction of sp³-hybridized carbons (Fsp3) is 0.391. The lowest BCUT2D eigenvalue weighted by Gasteiger charge is -2.37. The van der Waals surface area contributed by atoms with E-state index in [0.717, 1.165) is 5.69 Å². The third-order valence-electron chi connectivity index (χ3n) is 5.71. The van der Waals surface area contributed by atoms with Gasteiger partial charge in [-0.1, -0.05) is 17.3 Å². The molecule has 3 heterocycles. The predicted octanol–water partition coefficient (Wildman–Crippen LogP) is 0.768. The number of pyridine rings is 1. The number of aromatic nitrogens is 4. The number of carbonyl (C=O) groups is 1. The van der Waals surface area contributed by atoms with Gasteiger partial charge >= 0.3 is 0 Å². The molecular formula is C23H27FN6O5. The van der Waals surface area contributed by atoms with E-state index in [1.807, 2.05) is 6.07 Å². The Morgan fingerprint density at radius 3 is 2.89 bits per heavy atom. The number of aliphatic hydroxyl groups is 2. The van der Waals surface area contributed by atoms with Gasteiger partial charge in [-0.3, -0.25) is 4.79 Å². The van der Waals surface area contributed by atoms with E-state index in [1.165, 1.54) is 23.9 Å². The van der Waals surface area contributed by atoms with Crippen LogP contribution in [0, 0.1) is 5.82 Å². The van der Waals surface area contributed by atoms with Gasteiger partial charge in [-0.15, -0.1) is 5.10 Å². The maximum absolute atomic E-state index is 13.6. The Kier molecular flexibility index (Phi) is 7.85. The highest BCUT2D eigenvalue weighted by Crippen LogP contribution is 2.30. The zero-order valence-electron chi connectivity index (χ0n) is 19.0. The van der Waals surface area contributed by atoms with Crippen molar-refractivity contribution >= 4 is 11.6 Å². The molecule has 4 rings (SSSR count). The highest BCUT2D eigenvalue weighted by molar-refractivity contribution is 5.81. The van der Waals surface area contributed by atoms with Crippen molar-refractivity contribution in [2.45, 2.75) is 30.8 Å². The van der Waals surface area contributed by atoms with E-state index in [2.05, 4.69) is 25.9 Å². The molecule has 0 unspecified atom stereocenters. The first kappa shape index (κ1) is 24.5. The van der Waals surface area contributed by atoms with Gasteiger partial charge in [-0.25, -0.2) is 14.1 Å². The fourth-order valence-electron chi connectivity index (χ4n) is 3.87. The van der Waals surface area contributed by atoms with Crippen molar-refractivity contribution in [2.24, 2.45) is 0 Å². The number of nitrogens with one attached hydrogen (secondary N) is 2. The van der Waals surface area contributed by atoms with Gasteiger partial charge in [0.2, 0.25) is 11.8 Å². The maximum atomic E-state index is 13.6. The molecule has 1 fully saturated rings. The number of halogens is 1. The van der Waals surface area contributed by atoms with Crippen molar-refractivity contribution in [1.82, 2.24) is 25.3 Å². The normalized spacial score (nSPS) is 21.9. The minimum absolute atomic E-state index is 0.116. The van der Waals surface area contributed by atoms with Gasteiger partial charge in [0.1, 0.15) is 29.8 Å². The van der Waals surface area contributed by atoms with Gasteiger partial charge in [0, 0.05) is 31.1 Å². The van der Waals surface area contributed by atoms with Crippen LogP contribution in [-0.2, 0) is 9.53 Å². The summed E-state index contributed by atoms with van der Waals surface area (Å²) in [5, 5.41) is 34.4. The second-order valence-electron chi connectivity index (χ2n) is 8.04. The van der Waals surface area contributed by atoms with Gasteiger partial charge in [-0.05, 0) is 18.2 Å². The third-order valence-corrected chi connectivity index (χ3v) is 5.71. The van der Waals surface area contributed by atoms with Crippen LogP contribution < -0.4 is 15.4 Å². The highest BCUT2D eigenvalue weighted by atomic mass is 19.1. The minimum atomic E-state index is -1.12. The fourth-order valence-corrected chi connectivity index (χ4v) is 3.87. The molecule has 1 aliphatic rings. The van der Waals surface area contributed by atoms with Crippen LogP contribution in [0.25, 0.3) is 11.3 Å². The zero-order chi connectivity index (χ0) is 24.8. The predicted molar refractivity (Wildman–Crippen MR) is 123 cm³/mol. The Morgan fingerprint density at radius 1 is 1.31 bits per heavy atom. The SMILES string of the molecule is COc1ccc(NCCNC(=O)[C@H]2C[C@@H](n3cc(-c4cccc(F)c4)nn3)[C@@H](O)[C@@H](CO)O2)cn1. The number of rotatable bonds is 9. The van der Waals surface area contributed by atoms with E-state index >= 15 is 0 Å². The van der Waals surface area contributed by atoms with Crippen molar-refractivity contribution in [1.29, 1.82) is 0 Å². The molecule has 2 aromatic heterocycles. The number of carbonyl (C=O) groups excluding carboxylic acids is 1. The molecule has 12 heteroatoms. The Labute approximate surface area is 200 Å². The Balaban J connectivity index is 1.36. The molecule has 4 atom stereocenters. The van der Waals surface area contributed by atoms with Gasteiger partial charge in [0.15, 0.2) is 0 Å². The number of hydrogen-bond acceptors (Lipinski definition) is 9. The van der Waals surface area contributed by atoms with Crippen LogP contribution in [0.1, 0.15) is 12.5 Å². The lowest BCUT2D eigenvalue weighted by Crippen LogP contribution is -2.52. The van der Waals surface area contributed by atoms with Crippen LogP contribution in [0.15, 0.2) is 48.8 Å². The number of hydrogen-bond donors (Lipinski definition) is 4. The molecule has 1 aliphatic heterocycles. The Bertz CT molecular complexity index is 1130. The van der Waals surface area contributed by atoms with Gasteiger partial charge < -0.3 is 30.3 Å². The molecule has 11 nitrogen and oxygen atoms in total. The summed E-state index contributed by atoms with van der Waals surface area (Å²) >= 11 is 0. The average molecular weight is 487 g/mol. The van der Waals surface area contributed by atoms with Crippen LogP contribution in [0.5, 0.6) is 5.88 Å².